The van der Waals surface area contributed by atoms with Crippen molar-refractivity contribution in [2.75, 3.05) is 13.1 Å². The summed E-state index contributed by atoms with van der Waals surface area (Å²) in [6, 6.07) is 11.9. The van der Waals surface area contributed by atoms with Crippen molar-refractivity contribution in [3.8, 4) is 5.82 Å². The predicted molar refractivity (Wildman–Crippen MR) is 105 cm³/mol. The summed E-state index contributed by atoms with van der Waals surface area (Å²) in [7, 11) is 0. The number of hydrogen-bond acceptors (Lipinski definition) is 4. The second-order valence-corrected chi connectivity index (χ2v) is 6.23. The van der Waals surface area contributed by atoms with Crippen LogP contribution in [-0.4, -0.2) is 39.8 Å². The molecule has 0 spiro atoms. The van der Waals surface area contributed by atoms with Gasteiger partial charge in [-0.1, -0.05) is 23.7 Å². The summed E-state index contributed by atoms with van der Waals surface area (Å²) in [6.07, 6.45) is 5.13. The topological polar surface area (TPSA) is 101 Å². The first-order valence-electron chi connectivity index (χ1n) is 8.63. The molecule has 0 fully saturated rings. The van der Waals surface area contributed by atoms with Gasteiger partial charge in [0, 0.05) is 38.2 Å². The highest BCUT2D eigenvalue weighted by atomic mass is 35.5. The van der Waals surface area contributed by atoms with Crippen LogP contribution in [0.5, 0.6) is 0 Å². The van der Waals surface area contributed by atoms with Gasteiger partial charge in [0.05, 0.1) is 10.6 Å². The lowest BCUT2D eigenvalue weighted by Gasteiger charge is -2.10. The van der Waals surface area contributed by atoms with Gasteiger partial charge in [-0.25, -0.2) is 14.5 Å². The second-order valence-electron chi connectivity index (χ2n) is 5.82. The largest absolute Gasteiger partial charge is 0.350 e. The molecule has 2 aromatic heterocycles. The third-order valence-corrected chi connectivity index (χ3v) is 4.15. The molecule has 0 unspecified atom stereocenters. The first-order valence-corrected chi connectivity index (χ1v) is 9.00. The molecule has 144 valence electrons. The molecule has 0 radical (unpaired) electrons. The zero-order valence-corrected chi connectivity index (χ0v) is 15.7. The standard InChI is InChI=1S/C19H19ClN6O2/c20-16-5-2-1-4-15(16)18(27)22-9-10-23-19(28)24-13-14-6-8-21-17(12-14)26-11-3-7-25-26/h1-8,11-12H,9-10,13H2,(H,22,27)(H2,23,24,28). The molecule has 8 nitrogen and oxygen atoms in total. The second kappa shape index (κ2) is 9.52. The Labute approximate surface area is 166 Å². The van der Waals surface area contributed by atoms with E-state index in [0.717, 1.165) is 5.56 Å². The molecule has 3 N–H and O–H groups in total. The van der Waals surface area contributed by atoms with Crippen LogP contribution in [0.3, 0.4) is 0 Å². The van der Waals surface area contributed by atoms with Crippen LogP contribution in [0.2, 0.25) is 5.02 Å². The van der Waals surface area contributed by atoms with E-state index < -0.39 is 0 Å². The number of carbonyl (C=O) groups is 2. The number of nitrogens with one attached hydrogen (secondary N) is 3. The van der Waals surface area contributed by atoms with Crippen molar-refractivity contribution in [1.29, 1.82) is 0 Å². The molecule has 0 saturated carbocycles. The number of pyridine rings is 1. The maximum absolute atomic E-state index is 12.0. The molecule has 28 heavy (non-hydrogen) atoms. The Morgan fingerprint density at radius 1 is 1.00 bits per heavy atom. The maximum Gasteiger partial charge on any atom is 0.315 e. The van der Waals surface area contributed by atoms with Gasteiger partial charge in [-0.3, -0.25) is 4.79 Å². The lowest BCUT2D eigenvalue weighted by atomic mass is 10.2. The van der Waals surface area contributed by atoms with E-state index in [-0.39, 0.29) is 25.0 Å². The lowest BCUT2D eigenvalue weighted by Crippen LogP contribution is -2.40. The van der Waals surface area contributed by atoms with Crippen molar-refractivity contribution in [2.24, 2.45) is 0 Å². The highest BCUT2D eigenvalue weighted by Gasteiger charge is 2.08. The molecule has 0 aliphatic rings. The minimum Gasteiger partial charge on any atom is -0.350 e. The maximum atomic E-state index is 12.0. The van der Waals surface area contributed by atoms with Crippen LogP contribution in [0.4, 0.5) is 4.79 Å². The van der Waals surface area contributed by atoms with Crippen LogP contribution in [-0.2, 0) is 6.54 Å². The quantitative estimate of drug-likeness (QED) is 0.531. The Morgan fingerprint density at radius 3 is 2.61 bits per heavy atom. The first kappa shape index (κ1) is 19.4. The van der Waals surface area contributed by atoms with Crippen LogP contribution >= 0.6 is 11.6 Å². The molecular weight excluding hydrogens is 380 g/mol. The van der Waals surface area contributed by atoms with E-state index in [1.165, 1.54) is 0 Å². The number of amides is 3. The van der Waals surface area contributed by atoms with Crippen molar-refractivity contribution in [3.05, 3.63) is 77.2 Å². The summed E-state index contributed by atoms with van der Waals surface area (Å²) < 4.78 is 1.64. The monoisotopic (exact) mass is 398 g/mol. The normalized spacial score (nSPS) is 10.3. The van der Waals surface area contributed by atoms with Crippen molar-refractivity contribution in [1.82, 2.24) is 30.7 Å². The lowest BCUT2D eigenvalue weighted by molar-refractivity contribution is 0.0954. The summed E-state index contributed by atoms with van der Waals surface area (Å²) in [5, 5.41) is 12.7. The van der Waals surface area contributed by atoms with Gasteiger partial charge in [0.2, 0.25) is 0 Å². The molecular formula is C19H19ClN6O2. The number of nitrogens with zero attached hydrogens (tertiary/aromatic N) is 3. The number of urea groups is 1. The first-order chi connectivity index (χ1) is 13.6. The summed E-state index contributed by atoms with van der Waals surface area (Å²) in [5.41, 5.74) is 1.29. The van der Waals surface area contributed by atoms with Crippen molar-refractivity contribution < 1.29 is 9.59 Å². The average Bonchev–Trinajstić information content (AvgIpc) is 3.25. The van der Waals surface area contributed by atoms with Gasteiger partial charge in [0.15, 0.2) is 5.82 Å². The molecule has 0 bridgehead atoms. The third-order valence-electron chi connectivity index (χ3n) is 3.82. The van der Waals surface area contributed by atoms with Crippen LogP contribution in [0, 0.1) is 0 Å². The Hall–Kier alpha value is -3.39. The minimum atomic E-state index is -0.329. The van der Waals surface area contributed by atoms with Gasteiger partial charge in [-0.15, -0.1) is 0 Å². The van der Waals surface area contributed by atoms with Crippen molar-refractivity contribution in [3.63, 3.8) is 0 Å². The summed E-state index contributed by atoms with van der Waals surface area (Å²) in [5.74, 6) is 0.391. The molecule has 0 saturated heterocycles. The van der Waals surface area contributed by atoms with Crippen molar-refractivity contribution in [2.45, 2.75) is 6.54 Å². The number of rotatable bonds is 7. The van der Waals surface area contributed by atoms with E-state index >= 15 is 0 Å². The zero-order chi connectivity index (χ0) is 19.8. The van der Waals surface area contributed by atoms with Gasteiger partial charge in [-0.05, 0) is 35.9 Å². The van der Waals surface area contributed by atoms with Gasteiger partial charge >= 0.3 is 6.03 Å². The Bertz CT molecular complexity index is 945. The molecule has 0 atom stereocenters. The van der Waals surface area contributed by atoms with E-state index in [2.05, 4.69) is 26.0 Å². The fourth-order valence-corrected chi connectivity index (χ4v) is 2.66. The molecule has 3 aromatic rings. The van der Waals surface area contributed by atoms with E-state index in [1.807, 2.05) is 18.2 Å². The fourth-order valence-electron chi connectivity index (χ4n) is 2.44. The van der Waals surface area contributed by atoms with E-state index in [4.69, 9.17) is 11.6 Å². The van der Waals surface area contributed by atoms with Crippen LogP contribution < -0.4 is 16.0 Å². The molecule has 9 heteroatoms. The predicted octanol–water partition coefficient (Wildman–Crippen LogP) is 2.15. The Balaban J connectivity index is 1.39. The number of halogens is 1. The van der Waals surface area contributed by atoms with Crippen LogP contribution in [0.1, 0.15) is 15.9 Å². The smallest absolute Gasteiger partial charge is 0.315 e. The van der Waals surface area contributed by atoms with Gasteiger partial charge in [0.25, 0.3) is 5.91 Å². The van der Waals surface area contributed by atoms with Crippen LogP contribution in [0.25, 0.3) is 5.82 Å². The highest BCUT2D eigenvalue weighted by molar-refractivity contribution is 6.33. The third kappa shape index (κ3) is 5.31. The van der Waals surface area contributed by atoms with E-state index in [9.17, 15) is 9.59 Å². The summed E-state index contributed by atoms with van der Waals surface area (Å²) >= 11 is 5.98. The van der Waals surface area contributed by atoms with E-state index in [1.54, 1.807) is 47.5 Å². The van der Waals surface area contributed by atoms with E-state index in [0.29, 0.717) is 22.9 Å². The Morgan fingerprint density at radius 2 is 1.82 bits per heavy atom. The number of aromatic nitrogens is 3. The summed E-state index contributed by atoms with van der Waals surface area (Å²) in [4.78, 5) is 28.2. The SMILES string of the molecule is O=C(NCCNC(=O)c1ccccc1Cl)NCc1ccnc(-n2cccn2)c1. The summed E-state index contributed by atoms with van der Waals surface area (Å²) in [6.45, 7) is 0.918. The molecule has 3 amide bonds. The minimum absolute atomic E-state index is 0.282. The molecule has 0 aliphatic heterocycles. The fraction of sp³-hybridized carbons (Fsp3) is 0.158. The number of carbonyl (C=O) groups excluding carboxylic acids is 2. The zero-order valence-electron chi connectivity index (χ0n) is 14.9. The molecule has 0 aliphatic carbocycles. The highest BCUT2D eigenvalue weighted by Crippen LogP contribution is 2.14. The van der Waals surface area contributed by atoms with Gasteiger partial charge in [0.1, 0.15) is 0 Å². The van der Waals surface area contributed by atoms with Gasteiger partial charge in [-0.2, -0.15) is 5.10 Å². The molecule has 1 aromatic carbocycles. The average molecular weight is 399 g/mol. The number of hydrogen-bond donors (Lipinski definition) is 3. The van der Waals surface area contributed by atoms with Crippen molar-refractivity contribution >= 4 is 23.5 Å². The molecule has 2 heterocycles. The van der Waals surface area contributed by atoms with Crippen LogP contribution in [0.15, 0.2) is 61.1 Å². The van der Waals surface area contributed by atoms with Gasteiger partial charge < -0.3 is 16.0 Å². The Kier molecular flexibility index (Phi) is 6.59. The molecule has 3 rings (SSSR count). The number of benzene rings is 1.